The van der Waals surface area contributed by atoms with Crippen molar-refractivity contribution in [2.75, 3.05) is 0 Å². The maximum atomic E-state index is 13.6. The van der Waals surface area contributed by atoms with Crippen molar-refractivity contribution < 1.29 is 9.18 Å². The summed E-state index contributed by atoms with van der Waals surface area (Å²) in [6.45, 7) is 2.27. The molecule has 0 aliphatic heterocycles. The lowest BCUT2D eigenvalue weighted by Gasteiger charge is -2.04. The number of amides is 1. The van der Waals surface area contributed by atoms with Gasteiger partial charge < -0.3 is 10.3 Å². The Morgan fingerprint density at radius 3 is 3.00 bits per heavy atom. The lowest BCUT2D eigenvalue weighted by Crippen LogP contribution is -2.32. The van der Waals surface area contributed by atoms with Gasteiger partial charge in [-0.3, -0.25) is 4.79 Å². The number of nitrogens with one attached hydrogen (secondary N) is 2. The zero-order chi connectivity index (χ0) is 16.0. The summed E-state index contributed by atoms with van der Waals surface area (Å²) in [7, 11) is 0. The van der Waals surface area contributed by atoms with Crippen LogP contribution in [0.25, 0.3) is 21.6 Å². The highest BCUT2D eigenvalue weighted by Gasteiger charge is 2.50. The molecule has 5 nitrogen and oxygen atoms in total. The molecule has 23 heavy (non-hydrogen) atoms. The SMILES string of the molecule is Cc1cccc2[nH]c(-c3nnc(CNC(=O)C4(F)CC4)s3)cc12. The molecule has 118 valence electrons. The maximum Gasteiger partial charge on any atom is 0.258 e. The van der Waals surface area contributed by atoms with Crippen molar-refractivity contribution in [3.63, 3.8) is 0 Å². The fourth-order valence-electron chi connectivity index (χ4n) is 2.51. The highest BCUT2D eigenvalue weighted by molar-refractivity contribution is 7.14. The van der Waals surface area contributed by atoms with Crippen LogP contribution in [0.2, 0.25) is 0 Å². The number of aromatic nitrogens is 3. The first-order chi connectivity index (χ1) is 11.0. The predicted octanol–water partition coefficient (Wildman–Crippen LogP) is 3.11. The third-order valence-corrected chi connectivity index (χ3v) is 5.03. The van der Waals surface area contributed by atoms with E-state index in [1.807, 2.05) is 18.2 Å². The molecule has 3 aromatic rings. The zero-order valence-corrected chi connectivity index (χ0v) is 13.3. The van der Waals surface area contributed by atoms with Gasteiger partial charge in [0.05, 0.1) is 12.2 Å². The third-order valence-electron chi connectivity index (χ3n) is 4.08. The summed E-state index contributed by atoms with van der Waals surface area (Å²) >= 11 is 1.39. The number of nitrogens with zero attached hydrogens (tertiary/aromatic N) is 2. The van der Waals surface area contributed by atoms with E-state index in [0.29, 0.717) is 17.8 Å². The Labute approximate surface area is 135 Å². The van der Waals surface area contributed by atoms with Crippen molar-refractivity contribution in [3.8, 4) is 10.7 Å². The maximum absolute atomic E-state index is 13.6. The van der Waals surface area contributed by atoms with E-state index < -0.39 is 11.6 Å². The molecule has 0 bridgehead atoms. The minimum absolute atomic E-state index is 0.210. The number of benzene rings is 1. The number of carbonyl (C=O) groups is 1. The van der Waals surface area contributed by atoms with Crippen LogP contribution in [0.3, 0.4) is 0 Å². The molecule has 0 atom stereocenters. The lowest BCUT2D eigenvalue weighted by atomic mass is 10.1. The van der Waals surface area contributed by atoms with Crippen molar-refractivity contribution in [1.29, 1.82) is 0 Å². The van der Waals surface area contributed by atoms with E-state index in [1.54, 1.807) is 0 Å². The summed E-state index contributed by atoms with van der Waals surface area (Å²) in [6.07, 6.45) is 0.628. The quantitative estimate of drug-likeness (QED) is 0.772. The predicted molar refractivity (Wildman–Crippen MR) is 86.9 cm³/mol. The van der Waals surface area contributed by atoms with Crippen molar-refractivity contribution in [2.24, 2.45) is 0 Å². The number of H-pyrrole nitrogens is 1. The first-order valence-electron chi connectivity index (χ1n) is 7.43. The highest BCUT2D eigenvalue weighted by atomic mass is 32.1. The Bertz CT molecular complexity index is 897. The number of aryl methyl sites for hydroxylation is 1. The molecule has 0 spiro atoms. The molecule has 1 amide bonds. The van der Waals surface area contributed by atoms with Crippen molar-refractivity contribution in [3.05, 3.63) is 34.8 Å². The Kier molecular flexibility index (Phi) is 3.19. The molecular formula is C16H15FN4OS. The molecule has 1 fully saturated rings. The number of hydrogen-bond acceptors (Lipinski definition) is 4. The molecule has 1 aromatic carbocycles. The van der Waals surface area contributed by atoms with E-state index in [9.17, 15) is 9.18 Å². The molecule has 1 aliphatic carbocycles. The average Bonchev–Trinajstić information content (AvgIpc) is 2.99. The van der Waals surface area contributed by atoms with Gasteiger partial charge in [-0.25, -0.2) is 4.39 Å². The number of aromatic amines is 1. The Morgan fingerprint density at radius 2 is 2.26 bits per heavy atom. The molecule has 4 rings (SSSR count). The second kappa shape index (κ2) is 5.13. The van der Waals surface area contributed by atoms with E-state index >= 15 is 0 Å². The van der Waals surface area contributed by atoms with Crippen molar-refractivity contribution >= 4 is 28.1 Å². The third kappa shape index (κ3) is 2.61. The monoisotopic (exact) mass is 330 g/mol. The highest BCUT2D eigenvalue weighted by Crippen LogP contribution is 2.39. The topological polar surface area (TPSA) is 70.7 Å². The Hall–Kier alpha value is -2.28. The van der Waals surface area contributed by atoms with E-state index in [2.05, 4.69) is 33.5 Å². The second-order valence-electron chi connectivity index (χ2n) is 5.87. The molecule has 0 unspecified atom stereocenters. The number of hydrogen-bond donors (Lipinski definition) is 2. The van der Waals surface area contributed by atoms with E-state index in [-0.39, 0.29) is 6.54 Å². The van der Waals surface area contributed by atoms with Crippen LogP contribution in [0.5, 0.6) is 0 Å². The molecule has 1 saturated carbocycles. The van der Waals surface area contributed by atoms with Gasteiger partial charge in [-0.15, -0.1) is 10.2 Å². The fraction of sp³-hybridized carbons (Fsp3) is 0.312. The van der Waals surface area contributed by atoms with Gasteiger partial charge >= 0.3 is 0 Å². The van der Waals surface area contributed by atoms with Gasteiger partial charge in [-0.2, -0.15) is 0 Å². The molecular weight excluding hydrogens is 315 g/mol. The summed E-state index contributed by atoms with van der Waals surface area (Å²) in [5, 5.41) is 13.4. The first-order valence-corrected chi connectivity index (χ1v) is 8.25. The second-order valence-corrected chi connectivity index (χ2v) is 6.93. The van der Waals surface area contributed by atoms with E-state index in [1.165, 1.54) is 16.9 Å². The molecule has 0 radical (unpaired) electrons. The fourth-order valence-corrected chi connectivity index (χ4v) is 3.26. The zero-order valence-electron chi connectivity index (χ0n) is 12.5. The van der Waals surface area contributed by atoms with Crippen LogP contribution in [-0.4, -0.2) is 26.8 Å². The smallest absolute Gasteiger partial charge is 0.258 e. The van der Waals surface area contributed by atoms with Crippen LogP contribution >= 0.6 is 11.3 Å². The summed E-state index contributed by atoms with van der Waals surface area (Å²) in [5.41, 5.74) is 1.49. The van der Waals surface area contributed by atoms with Crippen LogP contribution in [0.15, 0.2) is 24.3 Å². The van der Waals surface area contributed by atoms with Crippen LogP contribution in [0.4, 0.5) is 4.39 Å². The number of rotatable bonds is 4. The van der Waals surface area contributed by atoms with Gasteiger partial charge in [0, 0.05) is 10.9 Å². The van der Waals surface area contributed by atoms with Crippen LogP contribution in [-0.2, 0) is 11.3 Å². The minimum Gasteiger partial charge on any atom is -0.353 e. The molecule has 2 heterocycles. The molecule has 1 aliphatic rings. The van der Waals surface area contributed by atoms with Crippen molar-refractivity contribution in [1.82, 2.24) is 20.5 Å². The van der Waals surface area contributed by atoms with E-state index in [0.717, 1.165) is 21.6 Å². The summed E-state index contributed by atoms with van der Waals surface area (Å²) in [6, 6.07) is 8.13. The Morgan fingerprint density at radius 1 is 1.43 bits per heavy atom. The van der Waals surface area contributed by atoms with Crippen LogP contribution in [0.1, 0.15) is 23.4 Å². The van der Waals surface area contributed by atoms with Gasteiger partial charge in [-0.05, 0) is 37.5 Å². The summed E-state index contributed by atoms with van der Waals surface area (Å²) < 4.78 is 13.6. The number of halogens is 1. The van der Waals surface area contributed by atoms with Gasteiger partial charge in [-0.1, -0.05) is 23.5 Å². The van der Waals surface area contributed by atoms with Gasteiger partial charge in [0.15, 0.2) is 10.7 Å². The van der Waals surface area contributed by atoms with Gasteiger partial charge in [0.1, 0.15) is 5.01 Å². The van der Waals surface area contributed by atoms with Gasteiger partial charge in [0.25, 0.3) is 5.91 Å². The van der Waals surface area contributed by atoms with E-state index in [4.69, 9.17) is 0 Å². The Balaban J connectivity index is 1.52. The lowest BCUT2D eigenvalue weighted by molar-refractivity contribution is -0.127. The standard InChI is InChI=1S/C16H15FN4OS/c1-9-3-2-4-11-10(9)7-12(19-11)14-21-20-13(23-14)8-18-15(22)16(17)5-6-16/h2-4,7,19H,5-6,8H2,1H3,(H,18,22). The van der Waals surface area contributed by atoms with Crippen LogP contribution in [0, 0.1) is 6.92 Å². The van der Waals surface area contributed by atoms with Crippen molar-refractivity contribution in [2.45, 2.75) is 32.0 Å². The van der Waals surface area contributed by atoms with Crippen LogP contribution < -0.4 is 5.32 Å². The average molecular weight is 330 g/mol. The summed E-state index contributed by atoms with van der Waals surface area (Å²) in [4.78, 5) is 14.9. The number of alkyl halides is 1. The first kappa shape index (κ1) is 14.3. The molecule has 0 saturated heterocycles. The molecule has 7 heteroatoms. The summed E-state index contributed by atoms with van der Waals surface area (Å²) in [5.74, 6) is -0.546. The normalized spacial score (nSPS) is 15.7. The number of carbonyl (C=O) groups excluding carboxylic acids is 1. The molecule has 2 aromatic heterocycles. The largest absolute Gasteiger partial charge is 0.353 e. The molecule has 2 N–H and O–H groups in total. The number of fused-ring (bicyclic) bond motifs is 1. The van der Waals surface area contributed by atoms with Gasteiger partial charge in [0.2, 0.25) is 0 Å². The minimum atomic E-state index is -1.65.